The molecule has 2 heterocycles. The average Bonchev–Trinajstić information content (AvgIpc) is 2.91. The summed E-state index contributed by atoms with van der Waals surface area (Å²) in [6.07, 6.45) is 7.74. The Kier molecular flexibility index (Phi) is 5.40. The first-order valence-electron chi connectivity index (χ1n) is 7.35. The van der Waals surface area contributed by atoms with E-state index in [4.69, 9.17) is 4.74 Å². The van der Waals surface area contributed by atoms with Crippen molar-refractivity contribution in [2.24, 2.45) is 0 Å². The number of carbonyl (C=O) groups is 1. The van der Waals surface area contributed by atoms with Crippen molar-refractivity contribution < 1.29 is 9.53 Å². The molecule has 1 aromatic rings. The van der Waals surface area contributed by atoms with Gasteiger partial charge in [0.25, 0.3) is 0 Å². The van der Waals surface area contributed by atoms with Gasteiger partial charge < -0.3 is 15.0 Å². The number of hydrogen-bond donors (Lipinski definition) is 2. The van der Waals surface area contributed by atoms with E-state index in [1.165, 1.54) is 6.42 Å². The second kappa shape index (κ2) is 7.28. The zero-order valence-corrected chi connectivity index (χ0v) is 12.3. The van der Waals surface area contributed by atoms with Gasteiger partial charge in [-0.3, -0.25) is 5.10 Å². The number of carbonyl (C=O) groups excluding carboxylic acids is 1. The Morgan fingerprint density at radius 3 is 3.15 bits per heavy atom. The fourth-order valence-electron chi connectivity index (χ4n) is 2.52. The molecule has 6 heteroatoms. The first kappa shape index (κ1) is 14.8. The minimum Gasteiger partial charge on any atom is -0.379 e. The van der Waals surface area contributed by atoms with E-state index in [1.54, 1.807) is 12.4 Å². The van der Waals surface area contributed by atoms with Crippen molar-refractivity contribution >= 4 is 11.7 Å². The van der Waals surface area contributed by atoms with Gasteiger partial charge in [-0.05, 0) is 39.5 Å². The van der Waals surface area contributed by atoms with E-state index < -0.39 is 0 Å². The number of urea groups is 1. The quantitative estimate of drug-likeness (QED) is 0.871. The van der Waals surface area contributed by atoms with Crippen LogP contribution in [0.5, 0.6) is 0 Å². The van der Waals surface area contributed by atoms with Gasteiger partial charge in [-0.25, -0.2) is 4.79 Å². The molecular formula is C14H24N4O2. The van der Waals surface area contributed by atoms with Crippen LogP contribution in [0.1, 0.15) is 39.5 Å². The molecule has 0 aliphatic carbocycles. The molecule has 0 radical (unpaired) electrons. The number of hydrogen-bond acceptors (Lipinski definition) is 3. The molecular weight excluding hydrogens is 256 g/mol. The van der Waals surface area contributed by atoms with E-state index in [0.29, 0.717) is 12.3 Å². The summed E-state index contributed by atoms with van der Waals surface area (Å²) < 4.78 is 5.61. The maximum absolute atomic E-state index is 12.3. The number of anilines is 1. The first-order valence-corrected chi connectivity index (χ1v) is 7.35. The predicted molar refractivity (Wildman–Crippen MR) is 77.7 cm³/mol. The SMILES string of the molecule is CC(C)OCC[C@H]1CCCCN1C(=O)Nc1cn[nH]c1. The molecule has 2 rings (SSSR count). The Balaban J connectivity index is 1.87. The lowest BCUT2D eigenvalue weighted by Gasteiger charge is -2.35. The van der Waals surface area contributed by atoms with E-state index in [0.717, 1.165) is 25.8 Å². The van der Waals surface area contributed by atoms with Crippen LogP contribution in [-0.4, -0.2) is 46.4 Å². The number of aromatic nitrogens is 2. The molecule has 1 aliphatic heterocycles. The zero-order chi connectivity index (χ0) is 14.4. The summed E-state index contributed by atoms with van der Waals surface area (Å²) in [5.74, 6) is 0. The fraction of sp³-hybridized carbons (Fsp3) is 0.714. The second-order valence-electron chi connectivity index (χ2n) is 5.47. The van der Waals surface area contributed by atoms with E-state index >= 15 is 0 Å². The molecule has 0 unspecified atom stereocenters. The van der Waals surface area contributed by atoms with E-state index in [1.807, 2.05) is 18.7 Å². The molecule has 6 nitrogen and oxygen atoms in total. The summed E-state index contributed by atoms with van der Waals surface area (Å²) in [5, 5.41) is 9.40. The van der Waals surface area contributed by atoms with Gasteiger partial charge in [0.05, 0.1) is 18.0 Å². The van der Waals surface area contributed by atoms with Crippen molar-refractivity contribution in [2.45, 2.75) is 51.7 Å². The lowest BCUT2D eigenvalue weighted by atomic mass is 10.00. The van der Waals surface area contributed by atoms with Gasteiger partial charge in [0, 0.05) is 25.4 Å². The van der Waals surface area contributed by atoms with Crippen molar-refractivity contribution in [3.63, 3.8) is 0 Å². The Bertz CT molecular complexity index is 405. The van der Waals surface area contributed by atoms with Crippen molar-refractivity contribution in [3.8, 4) is 0 Å². The molecule has 1 atom stereocenters. The molecule has 0 saturated carbocycles. The molecule has 20 heavy (non-hydrogen) atoms. The number of aromatic amines is 1. The maximum Gasteiger partial charge on any atom is 0.322 e. The van der Waals surface area contributed by atoms with Crippen LogP contribution >= 0.6 is 0 Å². The van der Waals surface area contributed by atoms with Gasteiger partial charge in [0.1, 0.15) is 0 Å². The number of piperidine rings is 1. The van der Waals surface area contributed by atoms with Crippen molar-refractivity contribution in [2.75, 3.05) is 18.5 Å². The summed E-state index contributed by atoms with van der Waals surface area (Å²) in [6, 6.07) is 0.232. The zero-order valence-electron chi connectivity index (χ0n) is 12.3. The third-order valence-electron chi connectivity index (χ3n) is 3.54. The second-order valence-corrected chi connectivity index (χ2v) is 5.47. The van der Waals surface area contributed by atoms with Crippen molar-refractivity contribution in [3.05, 3.63) is 12.4 Å². The van der Waals surface area contributed by atoms with Gasteiger partial charge in [-0.15, -0.1) is 0 Å². The number of H-pyrrole nitrogens is 1. The van der Waals surface area contributed by atoms with Crippen LogP contribution in [0.2, 0.25) is 0 Å². The van der Waals surface area contributed by atoms with Gasteiger partial charge in [-0.1, -0.05) is 0 Å². The molecule has 2 amide bonds. The molecule has 0 bridgehead atoms. The smallest absolute Gasteiger partial charge is 0.322 e. The summed E-state index contributed by atoms with van der Waals surface area (Å²) in [6.45, 7) is 5.59. The Labute approximate surface area is 119 Å². The lowest BCUT2D eigenvalue weighted by Crippen LogP contribution is -2.46. The number of likely N-dealkylation sites (tertiary alicyclic amines) is 1. The largest absolute Gasteiger partial charge is 0.379 e. The predicted octanol–water partition coefficient (Wildman–Crippen LogP) is 2.61. The fourth-order valence-corrected chi connectivity index (χ4v) is 2.52. The van der Waals surface area contributed by atoms with Gasteiger partial charge >= 0.3 is 6.03 Å². The monoisotopic (exact) mass is 280 g/mol. The summed E-state index contributed by atoms with van der Waals surface area (Å²) in [7, 11) is 0. The molecule has 2 N–H and O–H groups in total. The molecule has 112 valence electrons. The number of nitrogens with one attached hydrogen (secondary N) is 2. The van der Waals surface area contributed by atoms with Crippen molar-refractivity contribution in [1.29, 1.82) is 0 Å². The average molecular weight is 280 g/mol. The van der Waals surface area contributed by atoms with Crippen LogP contribution in [-0.2, 0) is 4.74 Å². The highest BCUT2D eigenvalue weighted by Gasteiger charge is 2.26. The van der Waals surface area contributed by atoms with Gasteiger partial charge in [-0.2, -0.15) is 5.10 Å². The highest BCUT2D eigenvalue weighted by Crippen LogP contribution is 2.21. The van der Waals surface area contributed by atoms with Crippen LogP contribution in [0.3, 0.4) is 0 Å². The van der Waals surface area contributed by atoms with E-state index in [-0.39, 0.29) is 18.2 Å². The number of nitrogens with zero attached hydrogens (tertiary/aromatic N) is 2. The van der Waals surface area contributed by atoms with Crippen LogP contribution < -0.4 is 5.32 Å². The Morgan fingerprint density at radius 2 is 2.45 bits per heavy atom. The van der Waals surface area contributed by atoms with Crippen LogP contribution in [0.4, 0.5) is 10.5 Å². The van der Waals surface area contributed by atoms with E-state index in [2.05, 4.69) is 15.5 Å². The van der Waals surface area contributed by atoms with Gasteiger partial charge in [0.2, 0.25) is 0 Å². The lowest BCUT2D eigenvalue weighted by molar-refractivity contribution is 0.0566. The maximum atomic E-state index is 12.3. The normalized spacial score (nSPS) is 19.4. The summed E-state index contributed by atoms with van der Waals surface area (Å²) in [5.41, 5.74) is 0.706. The first-order chi connectivity index (χ1) is 9.66. The minimum atomic E-state index is -0.0411. The summed E-state index contributed by atoms with van der Waals surface area (Å²) >= 11 is 0. The molecule has 1 saturated heterocycles. The summed E-state index contributed by atoms with van der Waals surface area (Å²) in [4.78, 5) is 14.2. The molecule has 1 aromatic heterocycles. The molecule has 1 aliphatic rings. The number of amides is 2. The van der Waals surface area contributed by atoms with E-state index in [9.17, 15) is 4.79 Å². The van der Waals surface area contributed by atoms with Crippen LogP contribution in [0.15, 0.2) is 12.4 Å². The van der Waals surface area contributed by atoms with Gasteiger partial charge in [0.15, 0.2) is 0 Å². The molecule has 1 fully saturated rings. The molecule has 0 aromatic carbocycles. The highest BCUT2D eigenvalue weighted by atomic mass is 16.5. The topological polar surface area (TPSA) is 70.2 Å². The molecule has 0 spiro atoms. The van der Waals surface area contributed by atoms with Crippen LogP contribution in [0, 0.1) is 0 Å². The standard InChI is InChI=1S/C14H24N4O2/c1-11(2)20-8-6-13-5-3-4-7-18(13)14(19)17-12-9-15-16-10-12/h9-11,13H,3-8H2,1-2H3,(H,15,16)(H,17,19)/t13-/m1/s1. The third kappa shape index (κ3) is 4.23. The van der Waals surface area contributed by atoms with Crippen LogP contribution in [0.25, 0.3) is 0 Å². The highest BCUT2D eigenvalue weighted by molar-refractivity contribution is 5.89. The number of rotatable bonds is 5. The Hall–Kier alpha value is -1.56. The Morgan fingerprint density at radius 1 is 1.60 bits per heavy atom. The third-order valence-corrected chi connectivity index (χ3v) is 3.54. The minimum absolute atomic E-state index is 0.0411. The number of ether oxygens (including phenoxy) is 1. The van der Waals surface area contributed by atoms with Crippen molar-refractivity contribution in [1.82, 2.24) is 15.1 Å².